The lowest BCUT2D eigenvalue weighted by Crippen LogP contribution is -2.20. The summed E-state index contributed by atoms with van der Waals surface area (Å²) in [6.07, 6.45) is 4.00. The fraction of sp³-hybridized carbons (Fsp3) is 0.0769. The van der Waals surface area contributed by atoms with Crippen LogP contribution in [0.25, 0.3) is 0 Å². The zero-order valence-electron chi connectivity index (χ0n) is 9.75. The Hall–Kier alpha value is -2.81. The number of amides is 1. The van der Waals surface area contributed by atoms with Gasteiger partial charge in [0.25, 0.3) is 0 Å². The number of nitrogens with zero attached hydrogens (tertiary/aromatic N) is 3. The third-order valence-electron chi connectivity index (χ3n) is 2.37. The Bertz CT molecular complexity index is 607. The minimum Gasteiger partial charge on any atom is -0.323 e. The first-order valence-corrected chi connectivity index (χ1v) is 5.42. The van der Waals surface area contributed by atoms with Gasteiger partial charge in [0.2, 0.25) is 5.91 Å². The molecule has 1 amide bonds. The molecular weight excluding hydrogens is 247 g/mol. The molecular formula is C13H9FN4O. The molecule has 1 N–H and O–H groups in total. The lowest BCUT2D eigenvalue weighted by Gasteiger charge is -2.09. The molecule has 0 fully saturated rings. The van der Waals surface area contributed by atoms with Crippen molar-refractivity contribution in [2.24, 2.45) is 0 Å². The van der Waals surface area contributed by atoms with Gasteiger partial charge in [-0.25, -0.2) is 4.39 Å². The van der Waals surface area contributed by atoms with E-state index in [1.807, 2.05) is 6.07 Å². The second-order valence-electron chi connectivity index (χ2n) is 3.69. The third kappa shape index (κ3) is 3.10. The molecule has 0 bridgehead atoms. The van der Waals surface area contributed by atoms with Crippen LogP contribution < -0.4 is 5.32 Å². The van der Waals surface area contributed by atoms with Crippen molar-refractivity contribution in [2.45, 2.75) is 5.92 Å². The maximum atomic E-state index is 12.7. The molecule has 5 nitrogen and oxygen atoms in total. The van der Waals surface area contributed by atoms with Crippen LogP contribution in [-0.4, -0.2) is 15.9 Å². The van der Waals surface area contributed by atoms with Crippen molar-refractivity contribution >= 4 is 11.6 Å². The predicted molar refractivity (Wildman–Crippen MR) is 65.4 cm³/mol. The summed E-state index contributed by atoms with van der Waals surface area (Å²) in [6, 6.07) is 7.62. The number of carbonyl (C=O) groups is 1. The standard InChI is InChI=1S/C13H9FN4O/c14-9-3-4-12(17-7-9)11(6-15)13(19)18-10-2-1-5-16-8-10/h1-5,7-8,11H,(H,18,19)/t11-/m1/s1. The Morgan fingerprint density at radius 3 is 2.79 bits per heavy atom. The Labute approximate surface area is 108 Å². The van der Waals surface area contributed by atoms with Crippen LogP contribution in [0.3, 0.4) is 0 Å². The van der Waals surface area contributed by atoms with Gasteiger partial charge in [0.15, 0.2) is 5.92 Å². The largest absolute Gasteiger partial charge is 0.323 e. The zero-order chi connectivity index (χ0) is 13.7. The molecule has 2 rings (SSSR count). The van der Waals surface area contributed by atoms with E-state index in [0.29, 0.717) is 5.69 Å². The van der Waals surface area contributed by atoms with Gasteiger partial charge in [0, 0.05) is 6.20 Å². The highest BCUT2D eigenvalue weighted by molar-refractivity contribution is 5.97. The lowest BCUT2D eigenvalue weighted by molar-refractivity contribution is -0.116. The van der Waals surface area contributed by atoms with E-state index in [9.17, 15) is 9.18 Å². The van der Waals surface area contributed by atoms with E-state index in [4.69, 9.17) is 5.26 Å². The first kappa shape index (κ1) is 12.6. The van der Waals surface area contributed by atoms with E-state index in [0.717, 1.165) is 12.3 Å². The van der Waals surface area contributed by atoms with Crippen LogP contribution >= 0.6 is 0 Å². The summed E-state index contributed by atoms with van der Waals surface area (Å²) in [5.41, 5.74) is 0.681. The van der Waals surface area contributed by atoms with E-state index < -0.39 is 17.6 Å². The minimum atomic E-state index is -1.10. The summed E-state index contributed by atoms with van der Waals surface area (Å²) < 4.78 is 12.7. The van der Waals surface area contributed by atoms with E-state index >= 15 is 0 Å². The van der Waals surface area contributed by atoms with Gasteiger partial charge in [-0.05, 0) is 24.3 Å². The number of hydrogen-bond donors (Lipinski definition) is 1. The second kappa shape index (κ2) is 5.69. The summed E-state index contributed by atoms with van der Waals surface area (Å²) in [6.45, 7) is 0. The summed E-state index contributed by atoms with van der Waals surface area (Å²) in [5.74, 6) is -2.15. The minimum absolute atomic E-state index is 0.199. The molecule has 0 spiro atoms. The SMILES string of the molecule is N#C[C@@H](C(=O)Nc1cccnc1)c1ccc(F)cn1. The predicted octanol–water partition coefficient (Wildman–Crippen LogP) is 1.86. The topological polar surface area (TPSA) is 78.7 Å². The monoisotopic (exact) mass is 256 g/mol. The summed E-state index contributed by atoms with van der Waals surface area (Å²) in [5, 5.41) is 11.6. The fourth-order valence-corrected chi connectivity index (χ4v) is 1.47. The molecule has 6 heteroatoms. The van der Waals surface area contributed by atoms with Crippen LogP contribution in [0.2, 0.25) is 0 Å². The number of aromatic nitrogens is 2. The van der Waals surface area contributed by atoms with Gasteiger partial charge in [-0.15, -0.1) is 0 Å². The van der Waals surface area contributed by atoms with Crippen molar-refractivity contribution in [1.82, 2.24) is 9.97 Å². The Morgan fingerprint density at radius 2 is 2.21 bits per heavy atom. The van der Waals surface area contributed by atoms with Gasteiger partial charge in [-0.3, -0.25) is 14.8 Å². The quantitative estimate of drug-likeness (QED) is 0.909. The molecule has 94 valence electrons. The number of rotatable bonds is 3. The van der Waals surface area contributed by atoms with E-state index in [2.05, 4.69) is 15.3 Å². The van der Waals surface area contributed by atoms with Gasteiger partial charge in [0.1, 0.15) is 5.82 Å². The first-order chi connectivity index (χ1) is 9.20. The van der Waals surface area contributed by atoms with Crippen molar-refractivity contribution in [3.05, 3.63) is 54.4 Å². The van der Waals surface area contributed by atoms with Crippen molar-refractivity contribution in [2.75, 3.05) is 5.32 Å². The van der Waals surface area contributed by atoms with E-state index in [1.54, 1.807) is 18.3 Å². The van der Waals surface area contributed by atoms with Crippen LogP contribution in [0.15, 0.2) is 42.9 Å². The third-order valence-corrected chi connectivity index (χ3v) is 2.37. The summed E-state index contributed by atoms with van der Waals surface area (Å²) >= 11 is 0. The van der Waals surface area contributed by atoms with Crippen molar-refractivity contribution in [3.63, 3.8) is 0 Å². The maximum Gasteiger partial charge on any atom is 0.247 e. The Morgan fingerprint density at radius 1 is 1.37 bits per heavy atom. The molecule has 0 aliphatic heterocycles. The number of nitriles is 1. The highest BCUT2D eigenvalue weighted by Crippen LogP contribution is 2.15. The number of nitrogens with one attached hydrogen (secondary N) is 1. The number of pyridine rings is 2. The van der Waals surface area contributed by atoms with Gasteiger partial charge in [0.05, 0.1) is 29.8 Å². The van der Waals surface area contributed by atoms with Crippen LogP contribution in [0.5, 0.6) is 0 Å². The fourth-order valence-electron chi connectivity index (χ4n) is 1.47. The summed E-state index contributed by atoms with van der Waals surface area (Å²) in [4.78, 5) is 19.5. The second-order valence-corrected chi connectivity index (χ2v) is 3.69. The van der Waals surface area contributed by atoms with E-state index in [1.165, 1.54) is 12.3 Å². The van der Waals surface area contributed by atoms with Crippen molar-refractivity contribution in [1.29, 1.82) is 5.26 Å². The molecule has 0 unspecified atom stereocenters. The molecule has 19 heavy (non-hydrogen) atoms. The van der Waals surface area contributed by atoms with Crippen LogP contribution in [0.1, 0.15) is 11.6 Å². The van der Waals surface area contributed by atoms with Gasteiger partial charge < -0.3 is 5.32 Å². The number of hydrogen-bond acceptors (Lipinski definition) is 4. The number of halogens is 1. The van der Waals surface area contributed by atoms with Crippen LogP contribution in [0, 0.1) is 17.1 Å². The molecule has 2 aromatic heterocycles. The van der Waals surface area contributed by atoms with Gasteiger partial charge in [-0.1, -0.05) is 0 Å². The molecule has 0 aliphatic rings. The van der Waals surface area contributed by atoms with Crippen molar-refractivity contribution in [3.8, 4) is 6.07 Å². The molecule has 0 radical (unpaired) electrons. The number of anilines is 1. The van der Waals surface area contributed by atoms with E-state index in [-0.39, 0.29) is 5.69 Å². The molecule has 2 heterocycles. The van der Waals surface area contributed by atoms with Crippen LogP contribution in [0.4, 0.5) is 10.1 Å². The van der Waals surface area contributed by atoms with Gasteiger partial charge >= 0.3 is 0 Å². The molecule has 0 saturated heterocycles. The smallest absolute Gasteiger partial charge is 0.247 e. The Balaban J connectivity index is 2.16. The highest BCUT2D eigenvalue weighted by Gasteiger charge is 2.21. The first-order valence-electron chi connectivity index (χ1n) is 5.42. The average Bonchev–Trinajstić information content (AvgIpc) is 2.43. The summed E-state index contributed by atoms with van der Waals surface area (Å²) in [7, 11) is 0. The van der Waals surface area contributed by atoms with Gasteiger partial charge in [-0.2, -0.15) is 5.26 Å². The average molecular weight is 256 g/mol. The molecule has 2 aromatic rings. The highest BCUT2D eigenvalue weighted by atomic mass is 19.1. The normalized spacial score (nSPS) is 11.4. The van der Waals surface area contributed by atoms with Crippen LogP contribution in [-0.2, 0) is 4.79 Å². The Kier molecular flexibility index (Phi) is 3.78. The number of carbonyl (C=O) groups excluding carboxylic acids is 1. The van der Waals surface area contributed by atoms with Crippen molar-refractivity contribution < 1.29 is 9.18 Å². The molecule has 0 saturated carbocycles. The molecule has 0 aliphatic carbocycles. The lowest BCUT2D eigenvalue weighted by atomic mass is 10.1. The molecule has 1 atom stereocenters. The maximum absolute atomic E-state index is 12.7. The zero-order valence-corrected chi connectivity index (χ0v) is 9.75. The molecule has 0 aromatic carbocycles.